The van der Waals surface area contributed by atoms with E-state index in [1.807, 2.05) is 0 Å². The van der Waals surface area contributed by atoms with E-state index in [-0.39, 0.29) is 31.0 Å². The Bertz CT molecular complexity index is 165. The van der Waals surface area contributed by atoms with E-state index in [1.165, 1.54) is 0 Å². The van der Waals surface area contributed by atoms with Crippen LogP contribution in [0.15, 0.2) is 11.6 Å². The van der Waals surface area contributed by atoms with Gasteiger partial charge in [0.1, 0.15) is 0 Å². The molecule has 0 rings (SSSR count). The predicted molar refractivity (Wildman–Crippen MR) is 26.0 cm³/mol. The van der Waals surface area contributed by atoms with Gasteiger partial charge in [-0.3, -0.25) is 4.55 Å². The molecule has 0 bridgehead atoms. The third-order valence-electron chi connectivity index (χ3n) is 0.251. The summed E-state index contributed by atoms with van der Waals surface area (Å²) in [6, 6.07) is 0. The normalized spacial score (nSPS) is 11.1. The molecule has 44 valence electrons. The van der Waals surface area contributed by atoms with Crippen LogP contribution in [0.4, 0.5) is 0 Å². The molecule has 8 heavy (non-hydrogen) atoms. The Labute approximate surface area is 71.3 Å². The Morgan fingerprint density at radius 3 is 2.00 bits per heavy atom. The molecule has 0 aliphatic heterocycles. The minimum absolute atomic E-state index is 0. The maximum Gasteiger partial charge on any atom is 1.00 e. The molecule has 0 aliphatic rings. The molecule has 3 N–H and O–H groups in total. The van der Waals surface area contributed by atoms with Crippen molar-refractivity contribution in [1.82, 2.24) is 0 Å². The van der Waals surface area contributed by atoms with Crippen LogP contribution in [0.2, 0.25) is 0 Å². The van der Waals surface area contributed by atoms with Crippen LogP contribution in [0.3, 0.4) is 0 Å². The molecule has 4 nitrogen and oxygen atoms in total. The summed E-state index contributed by atoms with van der Waals surface area (Å²) in [4.78, 5) is 0. The SMILES string of the molecule is NC=CS(=O)(=O)O.[H-].[Na+]. The Balaban J connectivity index is -0.000000180. The molecular weight excluding hydrogens is 141 g/mol. The molecule has 0 saturated heterocycles. The van der Waals surface area contributed by atoms with E-state index in [0.717, 1.165) is 6.20 Å². The van der Waals surface area contributed by atoms with Gasteiger partial charge in [-0.2, -0.15) is 8.42 Å². The van der Waals surface area contributed by atoms with Gasteiger partial charge in [-0.15, -0.1) is 0 Å². The first-order valence-electron chi connectivity index (χ1n) is 1.42. The summed E-state index contributed by atoms with van der Waals surface area (Å²) in [6.45, 7) is 0. The molecule has 0 aromatic heterocycles. The van der Waals surface area contributed by atoms with E-state index < -0.39 is 10.1 Å². The van der Waals surface area contributed by atoms with Gasteiger partial charge in [-0.05, 0) is 0 Å². The van der Waals surface area contributed by atoms with Crippen molar-refractivity contribution in [2.75, 3.05) is 0 Å². The molecular formula is C2H6NNaO3S. The van der Waals surface area contributed by atoms with Crippen LogP contribution in [0, 0.1) is 0 Å². The van der Waals surface area contributed by atoms with Gasteiger partial charge in [0.15, 0.2) is 0 Å². The minimum atomic E-state index is -3.98. The summed E-state index contributed by atoms with van der Waals surface area (Å²) in [5.74, 6) is 0. The van der Waals surface area contributed by atoms with Crippen LogP contribution in [0.1, 0.15) is 1.43 Å². The van der Waals surface area contributed by atoms with Gasteiger partial charge < -0.3 is 7.16 Å². The van der Waals surface area contributed by atoms with Crippen LogP contribution in [-0.4, -0.2) is 13.0 Å². The van der Waals surface area contributed by atoms with Gasteiger partial charge in [0, 0.05) is 6.20 Å². The van der Waals surface area contributed by atoms with E-state index in [0.29, 0.717) is 5.41 Å². The molecule has 0 atom stereocenters. The van der Waals surface area contributed by atoms with Crippen molar-refractivity contribution in [3.63, 3.8) is 0 Å². The molecule has 0 aromatic rings. The third-order valence-corrected chi connectivity index (χ3v) is 0.752. The van der Waals surface area contributed by atoms with Gasteiger partial charge in [0.25, 0.3) is 10.1 Å². The number of hydrogen-bond acceptors (Lipinski definition) is 3. The molecule has 0 unspecified atom stereocenters. The molecule has 0 amide bonds. The monoisotopic (exact) mass is 147 g/mol. The molecule has 0 heterocycles. The summed E-state index contributed by atoms with van der Waals surface area (Å²) in [5.41, 5.74) is 4.59. The zero-order valence-electron chi connectivity index (χ0n) is 5.40. The first kappa shape index (κ1) is 11.3. The quantitative estimate of drug-likeness (QED) is 0.297. The molecule has 0 spiro atoms. The van der Waals surface area contributed by atoms with Crippen molar-refractivity contribution < 1.29 is 44.0 Å². The van der Waals surface area contributed by atoms with Crippen LogP contribution < -0.4 is 35.3 Å². The van der Waals surface area contributed by atoms with Crippen LogP contribution in [-0.2, 0) is 10.1 Å². The number of nitrogens with two attached hydrogens (primary N) is 1. The second-order valence-corrected chi connectivity index (χ2v) is 2.15. The van der Waals surface area contributed by atoms with E-state index >= 15 is 0 Å². The number of hydrogen-bond donors (Lipinski definition) is 2. The van der Waals surface area contributed by atoms with Crippen LogP contribution >= 0.6 is 0 Å². The van der Waals surface area contributed by atoms with Crippen molar-refractivity contribution in [1.29, 1.82) is 0 Å². The van der Waals surface area contributed by atoms with Crippen LogP contribution in [0.5, 0.6) is 0 Å². The standard InChI is InChI=1S/C2H5NO3S.Na.H/c3-1-2-7(4,5)6;;/h1-2H,3H2,(H,4,5,6);;/q;+1;-1. The largest absolute Gasteiger partial charge is 1.00 e. The third kappa shape index (κ3) is 9.67. The summed E-state index contributed by atoms with van der Waals surface area (Å²) in [7, 11) is -3.98. The fraction of sp³-hybridized carbons (Fsp3) is 0. The van der Waals surface area contributed by atoms with E-state index in [2.05, 4.69) is 5.73 Å². The maximum atomic E-state index is 9.62. The summed E-state index contributed by atoms with van der Waals surface area (Å²) in [5, 5.41) is 0.493. The Hall–Kier alpha value is 0.450. The van der Waals surface area contributed by atoms with Gasteiger partial charge in [-0.1, -0.05) is 0 Å². The van der Waals surface area contributed by atoms with Gasteiger partial charge in [0.2, 0.25) is 0 Å². The second-order valence-electron chi connectivity index (χ2n) is 0.844. The van der Waals surface area contributed by atoms with E-state index in [9.17, 15) is 8.42 Å². The average Bonchev–Trinajstić information content (AvgIpc) is 1.30. The van der Waals surface area contributed by atoms with E-state index in [1.54, 1.807) is 0 Å². The fourth-order valence-electron chi connectivity index (χ4n) is 0.0993. The Morgan fingerprint density at radius 1 is 1.62 bits per heavy atom. The Morgan fingerprint density at radius 2 is 2.00 bits per heavy atom. The van der Waals surface area contributed by atoms with Gasteiger partial charge in [-0.25, -0.2) is 0 Å². The molecule has 0 aliphatic carbocycles. The van der Waals surface area contributed by atoms with E-state index in [4.69, 9.17) is 4.55 Å². The van der Waals surface area contributed by atoms with Gasteiger partial charge >= 0.3 is 29.6 Å². The molecule has 0 aromatic carbocycles. The minimum Gasteiger partial charge on any atom is -1.00 e. The average molecular weight is 147 g/mol. The molecule has 6 heteroatoms. The predicted octanol–water partition coefficient (Wildman–Crippen LogP) is -3.58. The van der Waals surface area contributed by atoms with Crippen molar-refractivity contribution in [2.24, 2.45) is 5.73 Å². The van der Waals surface area contributed by atoms with Crippen molar-refractivity contribution in [3.8, 4) is 0 Å². The first-order chi connectivity index (χ1) is 3.06. The van der Waals surface area contributed by atoms with Crippen molar-refractivity contribution >= 4 is 10.1 Å². The summed E-state index contributed by atoms with van der Waals surface area (Å²) >= 11 is 0. The fourth-order valence-corrected chi connectivity index (χ4v) is 0.298. The molecule has 0 fully saturated rings. The van der Waals surface area contributed by atoms with Crippen molar-refractivity contribution in [2.45, 2.75) is 0 Å². The molecule has 0 saturated carbocycles. The summed E-state index contributed by atoms with van der Waals surface area (Å²) < 4.78 is 27.1. The second kappa shape index (κ2) is 4.34. The Kier molecular flexibility index (Phi) is 6.12. The van der Waals surface area contributed by atoms with Gasteiger partial charge in [0.05, 0.1) is 5.41 Å². The first-order valence-corrected chi connectivity index (χ1v) is 2.92. The topological polar surface area (TPSA) is 80.4 Å². The summed E-state index contributed by atoms with van der Waals surface area (Å²) in [6.07, 6.45) is 0.745. The molecule has 0 radical (unpaired) electrons. The zero-order chi connectivity index (χ0) is 5.91. The smallest absolute Gasteiger partial charge is 1.00 e. The maximum absolute atomic E-state index is 9.62. The van der Waals surface area contributed by atoms with Crippen molar-refractivity contribution in [3.05, 3.63) is 11.6 Å². The van der Waals surface area contributed by atoms with Crippen LogP contribution in [0.25, 0.3) is 0 Å². The number of rotatable bonds is 1. The zero-order valence-corrected chi connectivity index (χ0v) is 7.22.